The fourth-order valence-corrected chi connectivity index (χ4v) is 3.17. The molecule has 114 valence electrons. The number of furan rings is 1. The molecule has 0 fully saturated rings. The highest BCUT2D eigenvalue weighted by molar-refractivity contribution is 7.88. The highest BCUT2D eigenvalue weighted by Gasteiger charge is 2.24. The number of sulfonamides is 1. The maximum Gasteiger partial charge on any atom is 0.287 e. The summed E-state index contributed by atoms with van der Waals surface area (Å²) in [5, 5.41) is 4.44. The van der Waals surface area contributed by atoms with Gasteiger partial charge in [0.25, 0.3) is 15.9 Å². The Kier molecular flexibility index (Phi) is 4.50. The van der Waals surface area contributed by atoms with Gasteiger partial charge in [-0.05, 0) is 30.5 Å². The molecule has 1 amide bonds. The van der Waals surface area contributed by atoms with Gasteiger partial charge in [-0.25, -0.2) is 12.7 Å². The summed E-state index contributed by atoms with van der Waals surface area (Å²) < 4.78 is 29.9. The molecule has 6 nitrogen and oxygen atoms in total. The number of hydrogen-bond acceptors (Lipinski definition) is 5. The van der Waals surface area contributed by atoms with Gasteiger partial charge in [-0.15, -0.1) is 11.3 Å². The lowest BCUT2D eigenvalue weighted by Crippen LogP contribution is -2.26. The van der Waals surface area contributed by atoms with Crippen molar-refractivity contribution in [3.63, 3.8) is 0 Å². The molecule has 0 aromatic carbocycles. The first kappa shape index (κ1) is 15.7. The van der Waals surface area contributed by atoms with E-state index >= 15 is 0 Å². The normalized spacial score (nSPS) is 13.3. The Hall–Kier alpha value is -1.64. The van der Waals surface area contributed by atoms with Gasteiger partial charge < -0.3 is 9.73 Å². The Bertz CT molecular complexity index is 717. The fraction of sp³-hybridized carbons (Fsp3) is 0.308. The van der Waals surface area contributed by atoms with Crippen LogP contribution in [0, 0.1) is 0 Å². The molecule has 0 saturated carbocycles. The molecule has 2 heterocycles. The minimum absolute atomic E-state index is 0.0289. The van der Waals surface area contributed by atoms with Crippen LogP contribution in [0.2, 0.25) is 0 Å². The summed E-state index contributed by atoms with van der Waals surface area (Å²) in [6.07, 6.45) is 0. The Balaban J connectivity index is 2.13. The van der Waals surface area contributed by atoms with Crippen LogP contribution in [0.1, 0.15) is 28.4 Å². The van der Waals surface area contributed by atoms with Crippen molar-refractivity contribution in [1.82, 2.24) is 9.62 Å². The van der Waals surface area contributed by atoms with Gasteiger partial charge in [-0.2, -0.15) is 0 Å². The summed E-state index contributed by atoms with van der Waals surface area (Å²) in [6, 6.07) is 6.28. The Morgan fingerprint density at radius 3 is 2.62 bits per heavy atom. The molecule has 0 radical (unpaired) electrons. The van der Waals surface area contributed by atoms with Crippen LogP contribution in [0.3, 0.4) is 0 Å². The Morgan fingerprint density at radius 1 is 1.33 bits per heavy atom. The first-order chi connectivity index (χ1) is 9.82. The predicted octanol–water partition coefficient (Wildman–Crippen LogP) is 2.08. The predicted molar refractivity (Wildman–Crippen MR) is 79.8 cm³/mol. The number of hydrogen-bond donors (Lipinski definition) is 1. The molecule has 1 atom stereocenters. The second-order valence-corrected chi connectivity index (χ2v) is 7.68. The molecule has 0 aliphatic carbocycles. The standard InChI is InChI=1S/C13H16N2O4S2/c1-9(11-5-4-8-20-11)14-13(16)10-6-7-12(19-10)21(17,18)15(2)3/h4-9H,1-3H3,(H,14,16)/t9-/m0/s1. The van der Waals surface area contributed by atoms with Crippen LogP contribution in [-0.2, 0) is 10.0 Å². The van der Waals surface area contributed by atoms with Crippen LogP contribution in [0.25, 0.3) is 0 Å². The van der Waals surface area contributed by atoms with Crippen molar-refractivity contribution in [2.24, 2.45) is 0 Å². The van der Waals surface area contributed by atoms with Gasteiger partial charge in [-0.3, -0.25) is 4.79 Å². The van der Waals surface area contributed by atoms with Gasteiger partial charge in [0.15, 0.2) is 5.76 Å². The average molecular weight is 328 g/mol. The lowest BCUT2D eigenvalue weighted by molar-refractivity contribution is 0.0907. The van der Waals surface area contributed by atoms with Crippen molar-refractivity contribution in [3.8, 4) is 0 Å². The van der Waals surface area contributed by atoms with Crippen LogP contribution >= 0.6 is 11.3 Å². The SMILES string of the molecule is C[C@H](NC(=O)c1ccc(S(=O)(=O)N(C)C)o1)c1cccs1. The molecule has 0 aliphatic heterocycles. The summed E-state index contributed by atoms with van der Waals surface area (Å²) in [5.41, 5.74) is 0. The molecule has 2 aromatic heterocycles. The quantitative estimate of drug-likeness (QED) is 0.911. The summed E-state index contributed by atoms with van der Waals surface area (Å²) in [5.74, 6) is -0.477. The van der Waals surface area contributed by atoms with Crippen molar-refractivity contribution in [1.29, 1.82) is 0 Å². The highest BCUT2D eigenvalue weighted by Crippen LogP contribution is 2.20. The van der Waals surface area contributed by atoms with Crippen molar-refractivity contribution >= 4 is 27.3 Å². The van der Waals surface area contributed by atoms with Crippen molar-refractivity contribution in [2.45, 2.75) is 18.1 Å². The van der Waals surface area contributed by atoms with Gasteiger partial charge in [0.1, 0.15) is 0 Å². The number of rotatable bonds is 5. The van der Waals surface area contributed by atoms with Gasteiger partial charge in [0.2, 0.25) is 5.09 Å². The molecular weight excluding hydrogens is 312 g/mol. The number of nitrogens with zero attached hydrogens (tertiary/aromatic N) is 1. The molecule has 0 saturated heterocycles. The average Bonchev–Trinajstić information content (AvgIpc) is 3.10. The zero-order chi connectivity index (χ0) is 15.6. The van der Waals surface area contributed by atoms with E-state index in [0.29, 0.717) is 0 Å². The van der Waals surface area contributed by atoms with Crippen LogP contribution < -0.4 is 5.32 Å². The van der Waals surface area contributed by atoms with E-state index in [1.807, 2.05) is 24.4 Å². The number of carbonyl (C=O) groups excluding carboxylic acids is 1. The van der Waals surface area contributed by atoms with Gasteiger partial charge >= 0.3 is 0 Å². The first-order valence-corrected chi connectivity index (χ1v) is 8.51. The second-order valence-electron chi connectivity index (χ2n) is 4.62. The topological polar surface area (TPSA) is 79.6 Å². The molecule has 2 aromatic rings. The van der Waals surface area contributed by atoms with Crippen LogP contribution in [0.5, 0.6) is 0 Å². The summed E-state index contributed by atoms with van der Waals surface area (Å²) >= 11 is 1.53. The third-order valence-corrected chi connectivity index (χ3v) is 5.60. The van der Waals surface area contributed by atoms with E-state index < -0.39 is 15.9 Å². The van der Waals surface area contributed by atoms with Crippen LogP contribution in [-0.4, -0.2) is 32.7 Å². The molecule has 2 rings (SSSR count). The molecule has 8 heteroatoms. The van der Waals surface area contributed by atoms with E-state index in [2.05, 4.69) is 5.32 Å². The van der Waals surface area contributed by atoms with E-state index in [0.717, 1.165) is 9.18 Å². The molecule has 0 unspecified atom stereocenters. The summed E-state index contributed by atoms with van der Waals surface area (Å²) in [7, 11) is -0.874. The third kappa shape index (κ3) is 3.34. The minimum atomic E-state index is -3.67. The molecule has 1 N–H and O–H groups in total. The number of carbonyl (C=O) groups is 1. The molecular formula is C13H16N2O4S2. The zero-order valence-electron chi connectivity index (χ0n) is 11.9. The molecule has 0 aliphatic rings. The van der Waals surface area contributed by atoms with E-state index in [1.54, 1.807) is 0 Å². The smallest absolute Gasteiger partial charge is 0.287 e. The monoisotopic (exact) mass is 328 g/mol. The maximum atomic E-state index is 12.1. The first-order valence-electron chi connectivity index (χ1n) is 6.19. The Morgan fingerprint density at radius 2 is 2.05 bits per heavy atom. The molecule has 21 heavy (non-hydrogen) atoms. The van der Waals surface area contributed by atoms with E-state index in [9.17, 15) is 13.2 Å². The number of nitrogens with one attached hydrogen (secondary N) is 1. The fourth-order valence-electron chi connectivity index (χ4n) is 1.64. The highest BCUT2D eigenvalue weighted by atomic mass is 32.2. The maximum absolute atomic E-state index is 12.1. The number of amides is 1. The number of thiophene rings is 1. The van der Waals surface area contributed by atoms with E-state index in [-0.39, 0.29) is 16.9 Å². The van der Waals surface area contributed by atoms with Crippen molar-refractivity contribution < 1.29 is 17.6 Å². The largest absolute Gasteiger partial charge is 0.438 e. The van der Waals surface area contributed by atoms with Gasteiger partial charge in [0.05, 0.1) is 6.04 Å². The van der Waals surface area contributed by atoms with Crippen LogP contribution in [0.15, 0.2) is 39.2 Å². The van der Waals surface area contributed by atoms with Crippen LogP contribution in [0.4, 0.5) is 0 Å². The lowest BCUT2D eigenvalue weighted by Gasteiger charge is -2.11. The van der Waals surface area contributed by atoms with E-state index in [1.165, 1.54) is 37.6 Å². The van der Waals surface area contributed by atoms with E-state index in [4.69, 9.17) is 4.42 Å². The lowest BCUT2D eigenvalue weighted by atomic mass is 10.2. The summed E-state index contributed by atoms with van der Waals surface area (Å²) in [4.78, 5) is 13.1. The molecule has 0 bridgehead atoms. The minimum Gasteiger partial charge on any atom is -0.438 e. The van der Waals surface area contributed by atoms with Crippen molar-refractivity contribution in [3.05, 3.63) is 40.3 Å². The Labute approximate surface area is 127 Å². The van der Waals surface area contributed by atoms with Gasteiger partial charge in [0, 0.05) is 19.0 Å². The van der Waals surface area contributed by atoms with Crippen molar-refractivity contribution in [2.75, 3.05) is 14.1 Å². The summed E-state index contributed by atoms with van der Waals surface area (Å²) in [6.45, 7) is 1.85. The second kappa shape index (κ2) is 6.00. The zero-order valence-corrected chi connectivity index (χ0v) is 13.5. The molecule has 0 spiro atoms. The van der Waals surface area contributed by atoms with Gasteiger partial charge in [-0.1, -0.05) is 6.07 Å². The third-order valence-electron chi connectivity index (χ3n) is 2.86.